The Morgan fingerprint density at radius 2 is 1.24 bits per heavy atom. The van der Waals surface area contributed by atoms with Crippen LogP contribution in [0.4, 0.5) is 28.4 Å². The lowest BCUT2D eigenvalue weighted by Crippen LogP contribution is -2.65. The molecule has 248 valence electrons. The second-order valence-corrected chi connectivity index (χ2v) is 18.3. The second-order valence-electron chi connectivity index (χ2n) is 18.3. The van der Waals surface area contributed by atoms with Crippen LogP contribution in [0.2, 0.25) is 0 Å². The van der Waals surface area contributed by atoms with Gasteiger partial charge < -0.3 is 9.80 Å². The Morgan fingerprint density at radius 3 is 1.94 bits per heavy atom. The highest BCUT2D eigenvalue weighted by Crippen LogP contribution is 2.82. The van der Waals surface area contributed by atoms with E-state index in [9.17, 15) is 0 Å². The van der Waals surface area contributed by atoms with Crippen LogP contribution in [0.3, 0.4) is 0 Å². The summed E-state index contributed by atoms with van der Waals surface area (Å²) in [6, 6.07) is 40.2. The number of anilines is 5. The van der Waals surface area contributed by atoms with Gasteiger partial charge in [0.05, 0.1) is 5.54 Å². The van der Waals surface area contributed by atoms with Crippen molar-refractivity contribution in [1.29, 1.82) is 0 Å². The Kier molecular flexibility index (Phi) is 5.18. The Hall–Kier alpha value is -4.24. The zero-order valence-electron chi connectivity index (χ0n) is 30.9. The number of hydrogen-bond acceptors (Lipinski definition) is 2. The standard InChI is InChI=1S/C47H47BN2/c1-28(2)47-27-29(47)26-45(7)33-22-23-39-41-42(33)50(46(45,47)8)38-21-15-14-20-36(38)48(41)37-24-34-35(25-40(37)49(39)30-16-10-9-11-17-30)44(5,6)32-19-13-12-18-31(32)43(34,3)4/h9-25,28-29H,26-27H2,1-8H3. The number of benzene rings is 5. The maximum absolute atomic E-state index is 2.91. The molecule has 0 saturated heterocycles. The average molecular weight is 651 g/mol. The summed E-state index contributed by atoms with van der Waals surface area (Å²) in [6.07, 6.45) is 2.64. The summed E-state index contributed by atoms with van der Waals surface area (Å²) in [5.41, 5.74) is 18.9. The molecule has 5 aromatic rings. The minimum Gasteiger partial charge on any atom is -0.335 e. The molecule has 0 aromatic heterocycles. The van der Waals surface area contributed by atoms with Crippen LogP contribution < -0.4 is 26.2 Å². The van der Waals surface area contributed by atoms with E-state index in [0.717, 1.165) is 5.92 Å². The molecular formula is C47H47BN2. The maximum Gasteiger partial charge on any atom is 0.252 e. The number of hydrogen-bond donors (Lipinski definition) is 0. The van der Waals surface area contributed by atoms with E-state index >= 15 is 0 Å². The number of rotatable bonds is 2. The average Bonchev–Trinajstić information content (AvgIpc) is 3.75. The fraction of sp³-hybridized carbons (Fsp3) is 0.362. The van der Waals surface area contributed by atoms with E-state index in [4.69, 9.17) is 0 Å². The van der Waals surface area contributed by atoms with Crippen molar-refractivity contribution in [2.75, 3.05) is 9.80 Å². The fourth-order valence-corrected chi connectivity index (χ4v) is 13.2. The largest absolute Gasteiger partial charge is 0.335 e. The van der Waals surface area contributed by atoms with E-state index in [-0.39, 0.29) is 28.5 Å². The molecular weight excluding hydrogens is 603 g/mol. The fourth-order valence-electron chi connectivity index (χ4n) is 13.2. The van der Waals surface area contributed by atoms with Crippen molar-refractivity contribution in [2.45, 2.75) is 90.0 Å². The van der Waals surface area contributed by atoms with Crippen LogP contribution in [-0.4, -0.2) is 12.3 Å². The van der Waals surface area contributed by atoms with Crippen LogP contribution in [0, 0.1) is 17.3 Å². The molecule has 2 nitrogen and oxygen atoms in total. The van der Waals surface area contributed by atoms with Crippen LogP contribution in [0.15, 0.2) is 103 Å². The molecule has 3 heteroatoms. The van der Waals surface area contributed by atoms with E-state index in [0.29, 0.717) is 11.3 Å². The smallest absolute Gasteiger partial charge is 0.252 e. The molecule has 3 aliphatic carbocycles. The van der Waals surface area contributed by atoms with E-state index < -0.39 is 0 Å². The summed E-state index contributed by atoms with van der Waals surface area (Å²) in [5.74, 6) is 1.43. The van der Waals surface area contributed by atoms with Gasteiger partial charge in [-0.15, -0.1) is 0 Å². The summed E-state index contributed by atoms with van der Waals surface area (Å²) in [5, 5.41) is 0. The number of para-hydroxylation sites is 2. The highest BCUT2D eigenvalue weighted by Gasteiger charge is 2.82. The quantitative estimate of drug-likeness (QED) is 0.172. The lowest BCUT2D eigenvalue weighted by molar-refractivity contribution is 0.161. The molecule has 0 radical (unpaired) electrons. The normalized spacial score (nSPS) is 29.1. The lowest BCUT2D eigenvalue weighted by Gasteiger charge is -2.53. The van der Waals surface area contributed by atoms with Crippen molar-refractivity contribution in [1.82, 2.24) is 0 Å². The molecule has 3 heterocycles. The summed E-state index contributed by atoms with van der Waals surface area (Å²) < 4.78 is 0. The van der Waals surface area contributed by atoms with Crippen LogP contribution >= 0.6 is 0 Å². The van der Waals surface area contributed by atoms with E-state index in [2.05, 4.69) is 168 Å². The first-order chi connectivity index (χ1) is 23.9. The third kappa shape index (κ3) is 2.95. The minimum atomic E-state index is -0.120. The van der Waals surface area contributed by atoms with Gasteiger partial charge >= 0.3 is 0 Å². The monoisotopic (exact) mass is 650 g/mol. The van der Waals surface area contributed by atoms with Gasteiger partial charge in [-0.3, -0.25) is 0 Å². The van der Waals surface area contributed by atoms with E-state index in [1.807, 2.05) is 0 Å². The molecule has 0 spiro atoms. The van der Waals surface area contributed by atoms with Gasteiger partial charge in [0.15, 0.2) is 0 Å². The van der Waals surface area contributed by atoms with E-state index in [1.165, 1.54) is 79.9 Å². The van der Waals surface area contributed by atoms with E-state index in [1.54, 1.807) is 5.56 Å². The molecule has 4 unspecified atom stereocenters. The highest BCUT2D eigenvalue weighted by molar-refractivity contribution is 7.00. The van der Waals surface area contributed by atoms with Crippen LogP contribution in [-0.2, 0) is 16.2 Å². The Morgan fingerprint density at radius 1 is 0.600 bits per heavy atom. The second kappa shape index (κ2) is 8.79. The molecule has 50 heavy (non-hydrogen) atoms. The third-order valence-corrected chi connectivity index (χ3v) is 15.6. The minimum absolute atomic E-state index is 0.0147. The zero-order chi connectivity index (χ0) is 34.3. The van der Waals surface area contributed by atoms with Gasteiger partial charge in [0.2, 0.25) is 0 Å². The molecule has 4 atom stereocenters. The van der Waals surface area contributed by atoms with Crippen LogP contribution in [0.5, 0.6) is 0 Å². The molecule has 6 aliphatic rings. The molecule has 0 amide bonds. The predicted octanol–water partition coefficient (Wildman–Crippen LogP) is 9.50. The van der Waals surface area contributed by atoms with Crippen LogP contribution in [0.25, 0.3) is 0 Å². The SMILES string of the molecule is CC(C)C12CC1CC1(C)c3ccc4c5c3N(c3ccccc3B5c3cc5c(cc3N4c3ccccc3)C(C)(C)c3ccccc3C5(C)C)C12C. The Labute approximate surface area is 298 Å². The summed E-state index contributed by atoms with van der Waals surface area (Å²) in [4.78, 5) is 5.53. The highest BCUT2D eigenvalue weighted by atomic mass is 15.3. The van der Waals surface area contributed by atoms with Crippen molar-refractivity contribution in [3.05, 3.63) is 131 Å². The topological polar surface area (TPSA) is 6.48 Å². The van der Waals surface area contributed by atoms with Crippen LogP contribution in [0.1, 0.15) is 96.0 Å². The van der Waals surface area contributed by atoms with Crippen molar-refractivity contribution in [3.8, 4) is 0 Å². The summed E-state index contributed by atoms with van der Waals surface area (Å²) in [6.45, 7) is 20.2. The van der Waals surface area contributed by atoms with Crippen molar-refractivity contribution in [3.63, 3.8) is 0 Å². The molecule has 2 saturated carbocycles. The maximum atomic E-state index is 2.91. The van der Waals surface area contributed by atoms with Gasteiger partial charge in [-0.1, -0.05) is 121 Å². The van der Waals surface area contributed by atoms with Crippen molar-refractivity contribution in [2.24, 2.45) is 17.3 Å². The van der Waals surface area contributed by atoms with Gasteiger partial charge in [-0.2, -0.15) is 0 Å². The molecule has 5 aromatic carbocycles. The van der Waals surface area contributed by atoms with Gasteiger partial charge in [-0.05, 0) is 112 Å². The molecule has 3 aliphatic heterocycles. The van der Waals surface area contributed by atoms with Crippen molar-refractivity contribution < 1.29 is 0 Å². The third-order valence-electron chi connectivity index (χ3n) is 15.6. The molecule has 2 fully saturated rings. The first kappa shape index (κ1) is 29.5. The van der Waals surface area contributed by atoms with Gasteiger partial charge in [0, 0.05) is 44.7 Å². The first-order valence-electron chi connectivity index (χ1n) is 19.1. The summed E-state index contributed by atoms with van der Waals surface area (Å²) in [7, 11) is 0. The lowest BCUT2D eigenvalue weighted by atomic mass is 9.33. The molecule has 11 rings (SSSR count). The molecule has 0 bridgehead atoms. The van der Waals surface area contributed by atoms with Gasteiger partial charge in [0.1, 0.15) is 0 Å². The zero-order valence-corrected chi connectivity index (χ0v) is 30.9. The first-order valence-corrected chi connectivity index (χ1v) is 19.1. The Bertz CT molecular complexity index is 2340. The number of nitrogens with zero attached hydrogens (tertiary/aromatic N) is 2. The van der Waals surface area contributed by atoms with Gasteiger partial charge in [-0.25, -0.2) is 0 Å². The van der Waals surface area contributed by atoms with Gasteiger partial charge in [0.25, 0.3) is 6.71 Å². The Balaban J connectivity index is 1.26. The van der Waals surface area contributed by atoms with Crippen molar-refractivity contribution >= 4 is 51.5 Å². The number of fused-ring (bicyclic) bond motifs is 12. The predicted molar refractivity (Wildman–Crippen MR) is 211 cm³/mol. The molecule has 0 N–H and O–H groups in total. The summed E-state index contributed by atoms with van der Waals surface area (Å²) >= 11 is 0.